The van der Waals surface area contributed by atoms with E-state index < -0.39 is 42.5 Å². The normalized spacial score (nSPS) is 19.1. The molecule has 2 rings (SSSR count). The van der Waals surface area contributed by atoms with Gasteiger partial charge in [-0.15, -0.1) is 0 Å². The van der Waals surface area contributed by atoms with Crippen molar-refractivity contribution in [2.45, 2.75) is 32.7 Å². The van der Waals surface area contributed by atoms with Crippen LogP contribution in [-0.4, -0.2) is 47.4 Å². The molecule has 4 amide bonds. The molecule has 27 heavy (non-hydrogen) atoms. The van der Waals surface area contributed by atoms with Crippen molar-refractivity contribution in [3.05, 3.63) is 27.7 Å². The van der Waals surface area contributed by atoms with Crippen molar-refractivity contribution in [1.29, 1.82) is 0 Å². The van der Waals surface area contributed by atoms with E-state index in [0.717, 1.165) is 4.90 Å². The van der Waals surface area contributed by atoms with E-state index in [1.807, 2.05) is 0 Å². The fourth-order valence-electron chi connectivity index (χ4n) is 2.40. The number of urea groups is 1. The summed E-state index contributed by atoms with van der Waals surface area (Å²) < 4.78 is 4.84. The number of rotatable bonds is 6. The number of nitrogens with zero attached hydrogens (tertiary/aromatic N) is 1. The fourth-order valence-corrected chi connectivity index (χ4v) is 2.86. The number of anilines is 1. The number of nitrogens with one attached hydrogen (secondary N) is 2. The Kier molecular flexibility index (Phi) is 6.33. The molecule has 1 heterocycles. The van der Waals surface area contributed by atoms with E-state index in [9.17, 15) is 19.2 Å². The number of esters is 1. The Bertz CT molecular complexity index is 814. The first-order valence-corrected chi connectivity index (χ1v) is 8.89. The molecule has 1 aliphatic heterocycles. The maximum Gasteiger partial charge on any atom is 0.326 e. The summed E-state index contributed by atoms with van der Waals surface area (Å²) in [4.78, 5) is 48.7. The highest BCUT2D eigenvalue weighted by molar-refractivity contribution is 6.40. The zero-order chi connectivity index (χ0) is 20.4. The third-order valence-corrected chi connectivity index (χ3v) is 5.05. The first-order chi connectivity index (χ1) is 12.6. The molecule has 0 aromatic heterocycles. The second-order valence-corrected chi connectivity index (χ2v) is 7.05. The minimum absolute atomic E-state index is 0.215. The third kappa shape index (κ3) is 4.51. The summed E-state index contributed by atoms with van der Waals surface area (Å²) >= 11 is 12.1. The molecule has 1 aliphatic rings. The lowest BCUT2D eigenvalue weighted by molar-refractivity contribution is -0.150. The maximum atomic E-state index is 12.2. The second-order valence-electron chi connectivity index (χ2n) is 6.27. The highest BCUT2D eigenvalue weighted by Crippen LogP contribution is 2.32. The van der Waals surface area contributed by atoms with Gasteiger partial charge in [0.1, 0.15) is 12.1 Å². The Morgan fingerprint density at radius 1 is 1.30 bits per heavy atom. The third-order valence-electron chi connectivity index (χ3n) is 4.25. The lowest BCUT2D eigenvalue weighted by Crippen LogP contribution is -2.43. The fraction of sp³-hybridized carbons (Fsp3) is 0.412. The Morgan fingerprint density at radius 2 is 1.96 bits per heavy atom. The van der Waals surface area contributed by atoms with E-state index in [4.69, 9.17) is 27.9 Å². The van der Waals surface area contributed by atoms with Crippen LogP contribution in [0.5, 0.6) is 0 Å². The summed E-state index contributed by atoms with van der Waals surface area (Å²) in [5, 5.41) is 5.51. The number of aryl methyl sites for hydroxylation is 1. The first-order valence-electron chi connectivity index (χ1n) is 8.13. The zero-order valence-electron chi connectivity index (χ0n) is 15.0. The first kappa shape index (κ1) is 21.0. The summed E-state index contributed by atoms with van der Waals surface area (Å²) in [6.07, 6.45) is 0.379. The number of carbonyl (C=O) groups excluding carboxylic acids is 4. The smallest absolute Gasteiger partial charge is 0.326 e. The molecule has 146 valence electrons. The van der Waals surface area contributed by atoms with Crippen LogP contribution in [0.25, 0.3) is 0 Å². The van der Waals surface area contributed by atoms with Crippen LogP contribution >= 0.6 is 23.2 Å². The van der Waals surface area contributed by atoms with Gasteiger partial charge >= 0.3 is 12.0 Å². The number of hydrogen-bond acceptors (Lipinski definition) is 5. The van der Waals surface area contributed by atoms with Gasteiger partial charge in [-0.2, -0.15) is 0 Å². The lowest BCUT2D eigenvalue weighted by atomic mass is 9.99. The van der Waals surface area contributed by atoms with E-state index in [0.29, 0.717) is 12.0 Å². The second kappa shape index (κ2) is 8.14. The number of benzene rings is 1. The van der Waals surface area contributed by atoms with Gasteiger partial charge in [-0.3, -0.25) is 19.3 Å². The molecule has 1 saturated heterocycles. The minimum Gasteiger partial charge on any atom is -0.454 e. The molecule has 1 aromatic rings. The zero-order valence-corrected chi connectivity index (χ0v) is 16.5. The molecular formula is C17H19Cl2N3O5. The van der Waals surface area contributed by atoms with Gasteiger partial charge in [-0.1, -0.05) is 36.2 Å². The molecular weight excluding hydrogens is 397 g/mol. The van der Waals surface area contributed by atoms with Crippen molar-refractivity contribution < 1.29 is 23.9 Å². The van der Waals surface area contributed by atoms with Gasteiger partial charge in [0.2, 0.25) is 0 Å². The summed E-state index contributed by atoms with van der Waals surface area (Å²) in [6, 6.07) is 2.60. The molecule has 2 N–H and O–H groups in total. The van der Waals surface area contributed by atoms with Crippen LogP contribution in [-0.2, 0) is 19.1 Å². The summed E-state index contributed by atoms with van der Waals surface area (Å²) in [5.74, 6) is -2.07. The number of carbonyl (C=O) groups is 4. The van der Waals surface area contributed by atoms with E-state index in [1.165, 1.54) is 0 Å². The molecule has 0 aliphatic carbocycles. The predicted molar refractivity (Wildman–Crippen MR) is 99.7 cm³/mol. The van der Waals surface area contributed by atoms with Crippen LogP contribution in [0.4, 0.5) is 10.5 Å². The number of amides is 4. The van der Waals surface area contributed by atoms with Crippen LogP contribution in [0.15, 0.2) is 12.1 Å². The van der Waals surface area contributed by atoms with Crippen LogP contribution < -0.4 is 10.6 Å². The predicted octanol–water partition coefficient (Wildman–Crippen LogP) is 2.50. The van der Waals surface area contributed by atoms with E-state index in [2.05, 4.69) is 10.6 Å². The average molecular weight is 416 g/mol. The summed E-state index contributed by atoms with van der Waals surface area (Å²) in [6.45, 7) is 3.86. The topological polar surface area (TPSA) is 105 Å². The van der Waals surface area contributed by atoms with Gasteiger partial charge in [-0.05, 0) is 31.9 Å². The Morgan fingerprint density at radius 3 is 2.56 bits per heavy atom. The van der Waals surface area contributed by atoms with Crippen molar-refractivity contribution in [1.82, 2.24) is 10.2 Å². The van der Waals surface area contributed by atoms with Crippen LogP contribution in [0.1, 0.15) is 25.8 Å². The van der Waals surface area contributed by atoms with Gasteiger partial charge in [0, 0.05) is 0 Å². The van der Waals surface area contributed by atoms with Crippen LogP contribution in [0.3, 0.4) is 0 Å². The summed E-state index contributed by atoms with van der Waals surface area (Å²) in [5.41, 5.74) is -0.119. The van der Waals surface area contributed by atoms with Crippen molar-refractivity contribution in [3.8, 4) is 0 Å². The van der Waals surface area contributed by atoms with Gasteiger partial charge in [0.05, 0.1) is 15.7 Å². The molecule has 0 bridgehead atoms. The molecule has 1 atom stereocenters. The number of halogens is 2. The molecule has 10 heteroatoms. The molecule has 0 spiro atoms. The van der Waals surface area contributed by atoms with E-state index in [1.54, 1.807) is 32.9 Å². The van der Waals surface area contributed by atoms with Crippen molar-refractivity contribution >= 4 is 52.7 Å². The lowest BCUT2D eigenvalue weighted by Gasteiger charge is -2.18. The molecule has 0 radical (unpaired) electrons. The highest BCUT2D eigenvalue weighted by atomic mass is 35.5. The van der Waals surface area contributed by atoms with Gasteiger partial charge in [0.15, 0.2) is 6.61 Å². The molecule has 8 nitrogen and oxygen atoms in total. The van der Waals surface area contributed by atoms with Gasteiger partial charge in [-0.25, -0.2) is 4.79 Å². The SMILES string of the molecule is CC[C@@]1(C)NC(=O)N(CC(=O)OCC(=O)Nc2c(Cl)ccc(C)c2Cl)C1=O. The quantitative estimate of drug-likeness (QED) is 0.548. The monoisotopic (exact) mass is 415 g/mol. The Hall–Kier alpha value is -2.32. The van der Waals surface area contributed by atoms with Gasteiger partial charge in [0.25, 0.3) is 11.8 Å². The number of ether oxygens (including phenoxy) is 1. The Balaban J connectivity index is 1.91. The molecule has 0 unspecified atom stereocenters. The summed E-state index contributed by atoms with van der Waals surface area (Å²) in [7, 11) is 0. The Labute approximate surface area is 166 Å². The standard InChI is InChI=1S/C17H19Cl2N3O5/c1-4-17(3)15(25)22(16(26)21-17)7-12(24)27-8-11(23)20-14-10(18)6-5-9(2)13(14)19/h5-6H,4,7-8H2,1-3H3,(H,20,23)(H,21,26)/t17-/m1/s1. The minimum atomic E-state index is -1.05. The van der Waals surface area contributed by atoms with Crippen molar-refractivity contribution in [2.24, 2.45) is 0 Å². The van der Waals surface area contributed by atoms with Crippen molar-refractivity contribution in [3.63, 3.8) is 0 Å². The highest BCUT2D eigenvalue weighted by Gasteiger charge is 2.47. The number of hydrogen-bond donors (Lipinski definition) is 2. The van der Waals surface area contributed by atoms with Crippen LogP contribution in [0.2, 0.25) is 10.0 Å². The molecule has 1 fully saturated rings. The molecule has 1 aromatic carbocycles. The van der Waals surface area contributed by atoms with E-state index in [-0.39, 0.29) is 15.7 Å². The van der Waals surface area contributed by atoms with Crippen LogP contribution in [0, 0.1) is 6.92 Å². The average Bonchev–Trinajstić information content (AvgIpc) is 2.84. The van der Waals surface area contributed by atoms with Crippen molar-refractivity contribution in [2.75, 3.05) is 18.5 Å². The van der Waals surface area contributed by atoms with E-state index >= 15 is 0 Å². The molecule has 0 saturated carbocycles. The largest absolute Gasteiger partial charge is 0.454 e. The maximum absolute atomic E-state index is 12.2. The van der Waals surface area contributed by atoms with Gasteiger partial charge < -0.3 is 15.4 Å². The number of imide groups is 1.